The van der Waals surface area contributed by atoms with E-state index in [-0.39, 0.29) is 16.8 Å². The van der Waals surface area contributed by atoms with Gasteiger partial charge in [0, 0.05) is 10.2 Å². The molecular formula is C23H17BrClFN2O3. The van der Waals surface area contributed by atoms with Gasteiger partial charge in [0.15, 0.2) is 11.2 Å². The fraction of sp³-hybridized carbons (Fsp3) is 0.130. The zero-order valence-corrected chi connectivity index (χ0v) is 18.9. The largest absolute Gasteiger partial charge is 0.478 e. The number of carbonyl (C=O) groups excluding carboxylic acids is 1. The minimum Gasteiger partial charge on any atom is -0.478 e. The van der Waals surface area contributed by atoms with Crippen molar-refractivity contribution in [1.82, 2.24) is 4.98 Å². The summed E-state index contributed by atoms with van der Waals surface area (Å²) in [5, 5.41) is 3.04. The van der Waals surface area contributed by atoms with E-state index in [1.807, 2.05) is 12.1 Å². The molecule has 0 bridgehead atoms. The van der Waals surface area contributed by atoms with Crippen LogP contribution in [0.15, 0.2) is 69.6 Å². The van der Waals surface area contributed by atoms with Crippen molar-refractivity contribution in [3.63, 3.8) is 0 Å². The van der Waals surface area contributed by atoms with Crippen molar-refractivity contribution >= 4 is 50.2 Å². The average Bonchev–Trinajstić information content (AvgIpc) is 3.12. The van der Waals surface area contributed by atoms with Crippen molar-refractivity contribution in [2.75, 3.05) is 5.32 Å². The van der Waals surface area contributed by atoms with Gasteiger partial charge in [0.25, 0.3) is 5.91 Å². The predicted molar refractivity (Wildman–Crippen MR) is 122 cm³/mol. The Morgan fingerprint density at radius 2 is 1.87 bits per heavy atom. The summed E-state index contributed by atoms with van der Waals surface area (Å²) in [6.45, 7) is 3.38. The fourth-order valence-electron chi connectivity index (χ4n) is 2.91. The maximum absolute atomic E-state index is 13.3. The van der Waals surface area contributed by atoms with E-state index in [4.69, 9.17) is 20.8 Å². The molecule has 31 heavy (non-hydrogen) atoms. The maximum Gasteiger partial charge on any atom is 0.267 e. The highest BCUT2D eigenvalue weighted by Crippen LogP contribution is 2.31. The van der Waals surface area contributed by atoms with Crippen LogP contribution in [0, 0.1) is 5.82 Å². The number of hydrogen-bond acceptors (Lipinski definition) is 4. The molecule has 0 saturated carbocycles. The lowest BCUT2D eigenvalue weighted by Gasteiger charge is -2.25. The SMILES string of the molecule is CC(C)(Oc1ccc(Br)cc1)C(=O)Nc1ccc2oc(-c3ccc(F)cc3Cl)nc2c1. The van der Waals surface area contributed by atoms with Crippen LogP contribution in [0.5, 0.6) is 5.75 Å². The first-order valence-corrected chi connectivity index (χ1v) is 10.5. The van der Waals surface area contributed by atoms with E-state index in [0.717, 1.165) is 4.47 Å². The zero-order valence-electron chi connectivity index (χ0n) is 16.6. The van der Waals surface area contributed by atoms with Gasteiger partial charge in [-0.15, -0.1) is 0 Å². The van der Waals surface area contributed by atoms with Gasteiger partial charge in [-0.1, -0.05) is 27.5 Å². The molecule has 5 nitrogen and oxygen atoms in total. The molecule has 4 aromatic rings. The lowest BCUT2D eigenvalue weighted by molar-refractivity contribution is -0.128. The number of amides is 1. The summed E-state index contributed by atoms with van der Waals surface area (Å²) in [5.41, 5.74) is 0.946. The monoisotopic (exact) mass is 502 g/mol. The number of nitrogens with one attached hydrogen (secondary N) is 1. The van der Waals surface area contributed by atoms with Gasteiger partial charge in [0.1, 0.15) is 17.1 Å². The van der Waals surface area contributed by atoms with Crippen molar-refractivity contribution in [1.29, 1.82) is 0 Å². The van der Waals surface area contributed by atoms with Crippen LogP contribution in [-0.4, -0.2) is 16.5 Å². The molecule has 1 N–H and O–H groups in total. The summed E-state index contributed by atoms with van der Waals surface area (Å²) < 4.78 is 25.8. The van der Waals surface area contributed by atoms with Crippen LogP contribution in [0.4, 0.5) is 10.1 Å². The normalized spacial score (nSPS) is 11.5. The molecule has 1 heterocycles. The lowest BCUT2D eigenvalue weighted by Crippen LogP contribution is -2.42. The Labute approximate surface area is 191 Å². The van der Waals surface area contributed by atoms with Crippen LogP contribution < -0.4 is 10.1 Å². The summed E-state index contributed by atoms with van der Waals surface area (Å²) in [5.74, 6) is 0.0846. The van der Waals surface area contributed by atoms with E-state index in [1.165, 1.54) is 18.2 Å². The third-order valence-electron chi connectivity index (χ3n) is 4.54. The smallest absolute Gasteiger partial charge is 0.267 e. The van der Waals surface area contributed by atoms with Gasteiger partial charge < -0.3 is 14.5 Å². The fourth-order valence-corrected chi connectivity index (χ4v) is 3.42. The lowest BCUT2D eigenvalue weighted by atomic mass is 10.1. The summed E-state index contributed by atoms with van der Waals surface area (Å²) in [6, 6.07) is 16.3. The molecule has 0 fully saturated rings. The van der Waals surface area contributed by atoms with Crippen LogP contribution in [0.2, 0.25) is 5.02 Å². The Bertz CT molecular complexity index is 1270. The number of rotatable bonds is 5. The average molecular weight is 504 g/mol. The number of oxazole rings is 1. The van der Waals surface area contributed by atoms with E-state index in [0.29, 0.717) is 28.1 Å². The number of anilines is 1. The second kappa shape index (κ2) is 8.32. The number of benzene rings is 3. The van der Waals surface area contributed by atoms with E-state index in [2.05, 4.69) is 26.2 Å². The number of hydrogen-bond donors (Lipinski definition) is 1. The van der Waals surface area contributed by atoms with Gasteiger partial charge in [-0.3, -0.25) is 4.79 Å². The van der Waals surface area contributed by atoms with Crippen LogP contribution >= 0.6 is 27.5 Å². The van der Waals surface area contributed by atoms with Crippen molar-refractivity contribution < 1.29 is 18.3 Å². The van der Waals surface area contributed by atoms with Gasteiger partial charge in [0.2, 0.25) is 5.89 Å². The molecule has 158 valence electrons. The van der Waals surface area contributed by atoms with Crippen molar-refractivity contribution in [3.05, 3.63) is 76.0 Å². The second-order valence-electron chi connectivity index (χ2n) is 7.35. The van der Waals surface area contributed by atoms with Gasteiger partial charge in [-0.2, -0.15) is 0 Å². The molecule has 0 spiro atoms. The van der Waals surface area contributed by atoms with Gasteiger partial charge in [-0.25, -0.2) is 9.37 Å². The Kier molecular flexibility index (Phi) is 5.73. The molecule has 0 radical (unpaired) electrons. The predicted octanol–water partition coefficient (Wildman–Crippen LogP) is 6.85. The first-order chi connectivity index (χ1) is 14.7. The molecule has 0 aliphatic rings. The number of carbonyl (C=O) groups is 1. The number of fused-ring (bicyclic) bond motifs is 1. The summed E-state index contributed by atoms with van der Waals surface area (Å²) in [6.07, 6.45) is 0. The van der Waals surface area contributed by atoms with Crippen molar-refractivity contribution in [2.24, 2.45) is 0 Å². The molecule has 0 saturated heterocycles. The second-order valence-corrected chi connectivity index (χ2v) is 8.67. The number of aromatic nitrogens is 1. The van der Waals surface area contributed by atoms with Gasteiger partial charge >= 0.3 is 0 Å². The Hall–Kier alpha value is -2.90. The maximum atomic E-state index is 13.3. The molecule has 0 unspecified atom stereocenters. The van der Waals surface area contributed by atoms with Gasteiger partial charge in [-0.05, 0) is 74.5 Å². The molecule has 8 heteroatoms. The third kappa shape index (κ3) is 4.73. The number of halogens is 3. The summed E-state index contributed by atoms with van der Waals surface area (Å²) in [4.78, 5) is 17.2. The Morgan fingerprint density at radius 1 is 1.13 bits per heavy atom. The number of nitrogens with zero attached hydrogens (tertiary/aromatic N) is 1. The quantitative estimate of drug-likeness (QED) is 0.324. The van der Waals surface area contributed by atoms with E-state index in [9.17, 15) is 9.18 Å². The first kappa shape index (κ1) is 21.3. The molecular weight excluding hydrogens is 487 g/mol. The minimum atomic E-state index is -1.11. The van der Waals surface area contributed by atoms with Crippen LogP contribution in [-0.2, 0) is 4.79 Å². The third-order valence-corrected chi connectivity index (χ3v) is 5.38. The van der Waals surface area contributed by atoms with Crippen LogP contribution in [0.1, 0.15) is 13.8 Å². The highest BCUT2D eigenvalue weighted by Gasteiger charge is 2.30. The Balaban J connectivity index is 1.54. The van der Waals surface area contributed by atoms with Crippen molar-refractivity contribution in [3.8, 4) is 17.2 Å². The first-order valence-electron chi connectivity index (χ1n) is 9.33. The van der Waals surface area contributed by atoms with Crippen LogP contribution in [0.25, 0.3) is 22.6 Å². The molecule has 3 aromatic carbocycles. The highest BCUT2D eigenvalue weighted by molar-refractivity contribution is 9.10. The van der Waals surface area contributed by atoms with Crippen molar-refractivity contribution in [2.45, 2.75) is 19.4 Å². The van der Waals surface area contributed by atoms with E-state index in [1.54, 1.807) is 44.2 Å². The number of ether oxygens (including phenoxy) is 1. The molecule has 4 rings (SSSR count). The summed E-state index contributed by atoms with van der Waals surface area (Å²) in [7, 11) is 0. The summed E-state index contributed by atoms with van der Waals surface area (Å²) >= 11 is 9.47. The molecule has 0 aliphatic heterocycles. The standard InChI is InChI=1S/C23H17BrClFN2O3/c1-23(2,31-16-7-3-13(24)4-8-16)22(29)27-15-6-10-20-19(12-15)28-21(30-20)17-9-5-14(26)11-18(17)25/h3-12H,1-2H3,(H,27,29). The van der Waals surface area contributed by atoms with E-state index >= 15 is 0 Å². The molecule has 0 atom stereocenters. The molecule has 1 amide bonds. The van der Waals surface area contributed by atoms with Gasteiger partial charge in [0.05, 0.1) is 10.6 Å². The van der Waals surface area contributed by atoms with Crippen LogP contribution in [0.3, 0.4) is 0 Å². The minimum absolute atomic E-state index is 0.201. The highest BCUT2D eigenvalue weighted by atomic mass is 79.9. The zero-order chi connectivity index (χ0) is 22.2. The Morgan fingerprint density at radius 3 is 2.58 bits per heavy atom. The topological polar surface area (TPSA) is 64.4 Å². The molecule has 0 aliphatic carbocycles. The molecule has 1 aromatic heterocycles. The van der Waals surface area contributed by atoms with E-state index < -0.39 is 11.4 Å².